The molecule has 0 saturated heterocycles. The molecule has 4 rings (SSSR count). The summed E-state index contributed by atoms with van der Waals surface area (Å²) in [4.78, 5) is 0. The monoisotopic (exact) mass is 454 g/mol. The molecule has 0 N–H and O–H groups in total. The van der Waals surface area contributed by atoms with Gasteiger partial charge >= 0.3 is 29.6 Å². The van der Waals surface area contributed by atoms with E-state index in [2.05, 4.69) is 128 Å². The van der Waals surface area contributed by atoms with Gasteiger partial charge in [-0.25, -0.2) is 0 Å². The summed E-state index contributed by atoms with van der Waals surface area (Å²) in [6, 6.07) is 28.5. The summed E-state index contributed by atoms with van der Waals surface area (Å²) in [5, 5.41) is 0. The van der Waals surface area contributed by atoms with Gasteiger partial charge in [-0.2, -0.15) is 21.9 Å². The van der Waals surface area contributed by atoms with Crippen LogP contribution in [0.2, 0.25) is 0 Å². The van der Waals surface area contributed by atoms with Gasteiger partial charge in [-0.15, -0.1) is 0 Å². The van der Waals surface area contributed by atoms with Crippen LogP contribution >= 0.6 is 0 Å². The first-order valence-electron chi connectivity index (χ1n) is 12.1. The minimum absolute atomic E-state index is 0. The van der Waals surface area contributed by atoms with Gasteiger partial charge in [0, 0.05) is 0 Å². The fraction of sp³-hybridized carbons (Fsp3) is 0.250. The Morgan fingerprint density at radius 3 is 0.588 bits per heavy atom. The van der Waals surface area contributed by atoms with Gasteiger partial charge in [0.1, 0.15) is 6.15 Å². The zero-order valence-corrected chi connectivity index (χ0v) is 24.5. The normalized spacial score (nSPS) is 11.3. The minimum atomic E-state index is -1.37. The SMILES string of the molecule is Cc1cc(C)cc([B-](c2cc(C)cc(C)c2)(c2cc(C)cc(C)c2)c2cc(C)cc(C)c2)c1.[Na+]. The molecule has 4 aromatic carbocycles. The fourth-order valence-electron chi connectivity index (χ4n) is 6.19. The number of aryl methyl sites for hydroxylation is 8. The van der Waals surface area contributed by atoms with Gasteiger partial charge in [-0.05, 0) is 55.4 Å². The fourth-order valence-corrected chi connectivity index (χ4v) is 6.19. The second kappa shape index (κ2) is 10.3. The summed E-state index contributed by atoms with van der Waals surface area (Å²) in [7, 11) is 0. The Balaban J connectivity index is 0.00000324. The first-order valence-corrected chi connectivity index (χ1v) is 12.1. The summed E-state index contributed by atoms with van der Waals surface area (Å²) >= 11 is 0. The molecule has 0 aliphatic carbocycles. The standard InChI is InChI=1S/C32H36B.Na/c1-21-9-22(2)14-29(13-21)33(30-15-23(3)10-24(4)16-30,31-17-25(5)11-26(6)18-31)32-19-27(7)12-28(8)20-32;/h9-20H,1-8H3;/q-1;+1. The molecular formula is C32H36BNa. The van der Waals surface area contributed by atoms with Gasteiger partial charge in [0.15, 0.2) is 0 Å². The third-order valence-electron chi connectivity index (χ3n) is 6.98. The van der Waals surface area contributed by atoms with Crippen molar-refractivity contribution in [1.82, 2.24) is 0 Å². The first kappa shape index (κ1) is 26.5. The Bertz CT molecular complexity index is 1060. The maximum atomic E-state index is 2.42. The van der Waals surface area contributed by atoms with Crippen LogP contribution in [-0.4, -0.2) is 6.15 Å². The van der Waals surface area contributed by atoms with E-state index in [1.165, 1.54) is 66.4 Å². The van der Waals surface area contributed by atoms with E-state index in [1.54, 1.807) is 0 Å². The molecule has 0 radical (unpaired) electrons. The number of hydrogen-bond acceptors (Lipinski definition) is 0. The molecule has 0 unspecified atom stereocenters. The van der Waals surface area contributed by atoms with E-state index >= 15 is 0 Å². The van der Waals surface area contributed by atoms with Crippen molar-refractivity contribution >= 4 is 28.0 Å². The maximum Gasteiger partial charge on any atom is 1.00 e. The predicted molar refractivity (Wildman–Crippen MR) is 148 cm³/mol. The van der Waals surface area contributed by atoms with Crippen molar-refractivity contribution < 1.29 is 29.6 Å². The third kappa shape index (κ3) is 5.13. The summed E-state index contributed by atoms with van der Waals surface area (Å²) in [5.41, 5.74) is 16.1. The molecule has 0 aliphatic rings. The van der Waals surface area contributed by atoms with Crippen LogP contribution in [-0.2, 0) is 0 Å². The van der Waals surface area contributed by atoms with Crippen molar-refractivity contribution in [2.24, 2.45) is 0 Å². The number of rotatable bonds is 4. The van der Waals surface area contributed by atoms with Crippen molar-refractivity contribution in [2.75, 3.05) is 0 Å². The van der Waals surface area contributed by atoms with Crippen LogP contribution in [0.3, 0.4) is 0 Å². The van der Waals surface area contributed by atoms with Crippen LogP contribution in [0.25, 0.3) is 0 Å². The molecular weight excluding hydrogens is 418 g/mol. The Morgan fingerprint density at radius 2 is 0.441 bits per heavy atom. The van der Waals surface area contributed by atoms with Crippen molar-refractivity contribution in [1.29, 1.82) is 0 Å². The Kier molecular flexibility index (Phi) is 8.03. The molecule has 0 nitrogen and oxygen atoms in total. The smallest absolute Gasteiger partial charge is 0.195 e. The average Bonchev–Trinajstić information content (AvgIpc) is 2.65. The first-order chi connectivity index (χ1) is 15.6. The van der Waals surface area contributed by atoms with E-state index in [4.69, 9.17) is 0 Å². The van der Waals surface area contributed by atoms with Crippen LogP contribution in [0, 0.1) is 55.4 Å². The third-order valence-corrected chi connectivity index (χ3v) is 6.98. The largest absolute Gasteiger partial charge is 1.00 e. The van der Waals surface area contributed by atoms with Gasteiger partial charge in [0.05, 0.1) is 0 Å². The van der Waals surface area contributed by atoms with Gasteiger partial charge in [-0.1, -0.05) is 117 Å². The van der Waals surface area contributed by atoms with Crippen LogP contribution in [0.1, 0.15) is 44.5 Å². The van der Waals surface area contributed by atoms with Gasteiger partial charge < -0.3 is 0 Å². The minimum Gasteiger partial charge on any atom is -0.195 e. The zero-order chi connectivity index (χ0) is 23.9. The molecule has 34 heavy (non-hydrogen) atoms. The summed E-state index contributed by atoms with van der Waals surface area (Å²) in [6.07, 6.45) is -1.37. The molecule has 0 aromatic heterocycles. The van der Waals surface area contributed by atoms with Crippen molar-refractivity contribution in [3.63, 3.8) is 0 Å². The van der Waals surface area contributed by atoms with Gasteiger partial charge in [0.25, 0.3) is 0 Å². The molecule has 0 heterocycles. The molecule has 168 valence electrons. The molecule has 0 spiro atoms. The molecule has 0 aliphatic heterocycles. The quantitative estimate of drug-likeness (QED) is 0.416. The van der Waals surface area contributed by atoms with Crippen molar-refractivity contribution in [3.05, 3.63) is 117 Å². The second-order valence-corrected chi connectivity index (χ2v) is 10.6. The van der Waals surface area contributed by atoms with Crippen LogP contribution in [0.4, 0.5) is 0 Å². The van der Waals surface area contributed by atoms with E-state index in [0.29, 0.717) is 0 Å². The molecule has 0 amide bonds. The van der Waals surface area contributed by atoms with E-state index in [0.717, 1.165) is 0 Å². The molecule has 0 fully saturated rings. The summed E-state index contributed by atoms with van der Waals surface area (Å²) in [6.45, 7) is 17.8. The molecule has 0 saturated carbocycles. The van der Waals surface area contributed by atoms with Crippen LogP contribution < -0.4 is 51.4 Å². The second-order valence-electron chi connectivity index (χ2n) is 10.6. The molecule has 0 bridgehead atoms. The molecule has 4 aromatic rings. The zero-order valence-electron chi connectivity index (χ0n) is 22.5. The average molecular weight is 454 g/mol. The summed E-state index contributed by atoms with van der Waals surface area (Å²) in [5.74, 6) is 0. The number of benzene rings is 4. The van der Waals surface area contributed by atoms with Crippen LogP contribution in [0.15, 0.2) is 72.8 Å². The molecule has 0 atom stereocenters. The van der Waals surface area contributed by atoms with E-state index in [1.807, 2.05) is 0 Å². The van der Waals surface area contributed by atoms with Crippen molar-refractivity contribution in [3.8, 4) is 0 Å². The Morgan fingerprint density at radius 1 is 0.294 bits per heavy atom. The van der Waals surface area contributed by atoms with E-state index in [9.17, 15) is 0 Å². The van der Waals surface area contributed by atoms with E-state index in [-0.39, 0.29) is 29.6 Å². The van der Waals surface area contributed by atoms with Gasteiger partial charge in [0.2, 0.25) is 0 Å². The maximum absolute atomic E-state index is 2.42. The van der Waals surface area contributed by atoms with E-state index < -0.39 is 6.15 Å². The number of hydrogen-bond donors (Lipinski definition) is 0. The van der Waals surface area contributed by atoms with Crippen LogP contribution in [0.5, 0.6) is 0 Å². The Hall–Kier alpha value is -2.06. The Labute approximate surface area is 229 Å². The topological polar surface area (TPSA) is 0 Å². The van der Waals surface area contributed by atoms with Gasteiger partial charge in [-0.3, -0.25) is 0 Å². The van der Waals surface area contributed by atoms with Crippen molar-refractivity contribution in [2.45, 2.75) is 55.4 Å². The summed E-state index contributed by atoms with van der Waals surface area (Å²) < 4.78 is 0. The predicted octanol–water partition coefficient (Wildman–Crippen LogP) is 2.54. The molecule has 2 heteroatoms.